The van der Waals surface area contributed by atoms with Gasteiger partial charge in [-0.25, -0.2) is 4.79 Å². The van der Waals surface area contributed by atoms with Gasteiger partial charge in [0.2, 0.25) is 5.91 Å². The van der Waals surface area contributed by atoms with Crippen molar-refractivity contribution < 1.29 is 9.59 Å². The molecule has 3 amide bonds. The number of pyridine rings is 1. The molecule has 22 heavy (non-hydrogen) atoms. The van der Waals surface area contributed by atoms with Crippen LogP contribution in [0.15, 0.2) is 10.9 Å². The van der Waals surface area contributed by atoms with Crippen molar-refractivity contribution in [1.29, 1.82) is 0 Å². The third-order valence-corrected chi connectivity index (χ3v) is 4.04. The maximum atomic E-state index is 12.2. The van der Waals surface area contributed by atoms with Crippen molar-refractivity contribution in [1.82, 2.24) is 15.2 Å². The van der Waals surface area contributed by atoms with E-state index in [0.29, 0.717) is 18.7 Å². The lowest BCUT2D eigenvalue weighted by molar-refractivity contribution is -0.126. The van der Waals surface area contributed by atoms with E-state index in [2.05, 4.69) is 10.3 Å². The number of piperidine rings is 1. The summed E-state index contributed by atoms with van der Waals surface area (Å²) in [6.07, 6.45) is 1.48. The molecular formula is C15H22N4O3. The summed E-state index contributed by atoms with van der Waals surface area (Å²) < 4.78 is 0. The lowest BCUT2D eigenvalue weighted by Gasteiger charge is -2.30. The van der Waals surface area contributed by atoms with Gasteiger partial charge in [-0.05, 0) is 38.3 Å². The van der Waals surface area contributed by atoms with Crippen LogP contribution >= 0.6 is 0 Å². The Morgan fingerprint density at radius 2 is 2.18 bits per heavy atom. The molecule has 0 spiro atoms. The van der Waals surface area contributed by atoms with Crippen LogP contribution in [0.25, 0.3) is 0 Å². The summed E-state index contributed by atoms with van der Waals surface area (Å²) in [4.78, 5) is 39.5. The Balaban J connectivity index is 1.98. The smallest absolute Gasteiger partial charge is 0.314 e. The van der Waals surface area contributed by atoms with Crippen molar-refractivity contribution in [2.45, 2.75) is 33.2 Å². The number of carbonyl (C=O) groups excluding carboxylic acids is 2. The number of urea groups is 1. The highest BCUT2D eigenvalue weighted by Crippen LogP contribution is 2.16. The van der Waals surface area contributed by atoms with Gasteiger partial charge >= 0.3 is 6.03 Å². The fourth-order valence-corrected chi connectivity index (χ4v) is 2.81. The average Bonchev–Trinajstić information content (AvgIpc) is 2.46. The molecule has 0 radical (unpaired) electrons. The largest absolute Gasteiger partial charge is 0.352 e. The van der Waals surface area contributed by atoms with Crippen LogP contribution < -0.4 is 16.6 Å². The SMILES string of the molecule is Cc1cc(C)c(CNC(=O)[C@@H]2CCCN(C(N)=O)C2)c(=O)[nH]1. The molecule has 2 rings (SSSR count). The summed E-state index contributed by atoms with van der Waals surface area (Å²) in [6.45, 7) is 4.78. The molecule has 0 aromatic carbocycles. The Morgan fingerprint density at radius 3 is 2.82 bits per heavy atom. The normalized spacial score (nSPS) is 18.1. The highest BCUT2D eigenvalue weighted by Gasteiger charge is 2.27. The molecular weight excluding hydrogens is 284 g/mol. The first kappa shape index (κ1) is 16.1. The van der Waals surface area contributed by atoms with Gasteiger partial charge in [-0.3, -0.25) is 9.59 Å². The van der Waals surface area contributed by atoms with E-state index >= 15 is 0 Å². The number of nitrogens with two attached hydrogens (primary N) is 1. The quantitative estimate of drug-likeness (QED) is 0.752. The van der Waals surface area contributed by atoms with E-state index in [4.69, 9.17) is 5.73 Å². The van der Waals surface area contributed by atoms with Crippen molar-refractivity contribution in [3.63, 3.8) is 0 Å². The highest BCUT2D eigenvalue weighted by atomic mass is 16.2. The van der Waals surface area contributed by atoms with E-state index in [1.54, 1.807) is 0 Å². The zero-order valence-corrected chi connectivity index (χ0v) is 12.9. The third kappa shape index (κ3) is 3.66. The van der Waals surface area contributed by atoms with Gasteiger partial charge in [0.25, 0.3) is 5.56 Å². The minimum Gasteiger partial charge on any atom is -0.352 e. The van der Waals surface area contributed by atoms with Crippen LogP contribution in [0.5, 0.6) is 0 Å². The molecule has 1 aliphatic rings. The third-order valence-electron chi connectivity index (χ3n) is 4.04. The Hall–Kier alpha value is -2.31. The summed E-state index contributed by atoms with van der Waals surface area (Å²) in [5, 5.41) is 2.79. The Labute approximate surface area is 128 Å². The van der Waals surface area contributed by atoms with Gasteiger partial charge in [-0.1, -0.05) is 0 Å². The summed E-state index contributed by atoms with van der Waals surface area (Å²) in [6, 6.07) is 1.38. The van der Waals surface area contributed by atoms with E-state index in [1.165, 1.54) is 4.90 Å². The lowest BCUT2D eigenvalue weighted by atomic mass is 9.97. The first-order chi connectivity index (χ1) is 10.4. The second-order valence-electron chi connectivity index (χ2n) is 5.78. The number of hydrogen-bond acceptors (Lipinski definition) is 3. The first-order valence-electron chi connectivity index (χ1n) is 7.40. The number of aromatic amines is 1. The zero-order valence-electron chi connectivity index (χ0n) is 12.9. The number of nitrogens with one attached hydrogen (secondary N) is 2. The number of nitrogens with zero attached hydrogens (tertiary/aromatic N) is 1. The minimum atomic E-state index is -0.497. The summed E-state index contributed by atoms with van der Waals surface area (Å²) >= 11 is 0. The monoisotopic (exact) mass is 306 g/mol. The fraction of sp³-hybridized carbons (Fsp3) is 0.533. The van der Waals surface area contributed by atoms with E-state index in [1.807, 2.05) is 19.9 Å². The van der Waals surface area contributed by atoms with Crippen LogP contribution in [0.3, 0.4) is 0 Å². The van der Waals surface area contributed by atoms with Crippen LogP contribution in [-0.2, 0) is 11.3 Å². The summed E-state index contributed by atoms with van der Waals surface area (Å²) in [5.41, 5.74) is 7.28. The molecule has 0 unspecified atom stereocenters. The summed E-state index contributed by atoms with van der Waals surface area (Å²) in [7, 11) is 0. The second-order valence-corrected chi connectivity index (χ2v) is 5.78. The molecule has 2 heterocycles. The molecule has 4 N–H and O–H groups in total. The van der Waals surface area contributed by atoms with Gasteiger partial charge in [0.1, 0.15) is 0 Å². The highest BCUT2D eigenvalue weighted by molar-refractivity contribution is 5.80. The van der Waals surface area contributed by atoms with Gasteiger partial charge in [-0.2, -0.15) is 0 Å². The number of aromatic nitrogens is 1. The van der Waals surface area contributed by atoms with Gasteiger partial charge in [-0.15, -0.1) is 0 Å². The second kappa shape index (κ2) is 6.64. The van der Waals surface area contributed by atoms with E-state index in [0.717, 1.165) is 24.1 Å². The number of likely N-dealkylation sites (tertiary alicyclic amines) is 1. The van der Waals surface area contributed by atoms with Crippen molar-refractivity contribution in [2.24, 2.45) is 11.7 Å². The number of aryl methyl sites for hydroxylation is 2. The van der Waals surface area contributed by atoms with Gasteiger partial charge in [0.05, 0.1) is 5.92 Å². The number of amides is 3. The van der Waals surface area contributed by atoms with Crippen molar-refractivity contribution >= 4 is 11.9 Å². The van der Waals surface area contributed by atoms with E-state index < -0.39 is 6.03 Å². The molecule has 0 bridgehead atoms. The minimum absolute atomic E-state index is 0.148. The lowest BCUT2D eigenvalue weighted by Crippen LogP contribution is -2.47. The molecule has 120 valence electrons. The standard InChI is InChI=1S/C15H22N4O3/c1-9-6-10(2)18-14(21)12(9)7-17-13(20)11-4-3-5-19(8-11)15(16)22/h6,11H,3-5,7-8H2,1-2H3,(H2,16,22)(H,17,20)(H,18,21)/t11-/m1/s1. The number of H-pyrrole nitrogens is 1. The molecule has 1 aromatic rings. The maximum Gasteiger partial charge on any atom is 0.314 e. The molecule has 1 saturated heterocycles. The molecule has 1 atom stereocenters. The maximum absolute atomic E-state index is 12.2. The Kier molecular flexibility index (Phi) is 4.85. The first-order valence-corrected chi connectivity index (χ1v) is 7.40. The Bertz CT molecular complexity index is 638. The summed E-state index contributed by atoms with van der Waals surface area (Å²) in [5.74, 6) is -0.420. The fourth-order valence-electron chi connectivity index (χ4n) is 2.81. The molecule has 1 aromatic heterocycles. The number of carbonyl (C=O) groups is 2. The van der Waals surface area contributed by atoms with Crippen molar-refractivity contribution in [2.75, 3.05) is 13.1 Å². The molecule has 0 saturated carbocycles. The van der Waals surface area contributed by atoms with Crippen molar-refractivity contribution in [3.8, 4) is 0 Å². The van der Waals surface area contributed by atoms with Gasteiger partial charge in [0.15, 0.2) is 0 Å². The molecule has 1 aliphatic heterocycles. The predicted octanol–water partition coefficient (Wildman–Crippen LogP) is 0.399. The predicted molar refractivity (Wildman–Crippen MR) is 82.3 cm³/mol. The Morgan fingerprint density at radius 1 is 1.45 bits per heavy atom. The van der Waals surface area contributed by atoms with E-state index in [-0.39, 0.29) is 23.9 Å². The molecule has 1 fully saturated rings. The van der Waals surface area contributed by atoms with E-state index in [9.17, 15) is 14.4 Å². The topological polar surface area (TPSA) is 108 Å². The van der Waals surface area contributed by atoms with Crippen LogP contribution in [0.1, 0.15) is 29.7 Å². The average molecular weight is 306 g/mol. The van der Waals surface area contributed by atoms with Crippen LogP contribution in [0, 0.1) is 19.8 Å². The molecule has 7 heteroatoms. The van der Waals surface area contributed by atoms with Crippen LogP contribution in [0.4, 0.5) is 4.79 Å². The number of rotatable bonds is 3. The van der Waals surface area contributed by atoms with Crippen molar-refractivity contribution in [3.05, 3.63) is 33.2 Å². The zero-order chi connectivity index (χ0) is 16.3. The number of primary amides is 1. The molecule has 0 aliphatic carbocycles. The van der Waals surface area contributed by atoms with Gasteiger partial charge in [0, 0.05) is 30.9 Å². The van der Waals surface area contributed by atoms with Crippen LogP contribution in [0.2, 0.25) is 0 Å². The number of hydrogen-bond donors (Lipinski definition) is 3. The van der Waals surface area contributed by atoms with Crippen LogP contribution in [-0.4, -0.2) is 34.9 Å². The molecule has 7 nitrogen and oxygen atoms in total. The van der Waals surface area contributed by atoms with Gasteiger partial charge < -0.3 is 20.9 Å².